The number of pyridine rings is 1. The molecular formula is C28H23BrN4O. The molecule has 3 aliphatic rings. The molecule has 5 nitrogen and oxygen atoms in total. The fourth-order valence-corrected chi connectivity index (χ4v) is 4.85. The van der Waals surface area contributed by atoms with E-state index in [0.29, 0.717) is 0 Å². The highest BCUT2D eigenvalue weighted by molar-refractivity contribution is 9.10. The van der Waals surface area contributed by atoms with Gasteiger partial charge in [0.1, 0.15) is 0 Å². The summed E-state index contributed by atoms with van der Waals surface area (Å²) in [5.74, 6) is 0. The predicted molar refractivity (Wildman–Crippen MR) is 138 cm³/mol. The van der Waals surface area contributed by atoms with E-state index in [1.165, 1.54) is 0 Å². The van der Waals surface area contributed by atoms with E-state index in [1.54, 1.807) is 6.20 Å². The first-order chi connectivity index (χ1) is 16.8. The topological polar surface area (TPSA) is 52.3 Å². The zero-order chi connectivity index (χ0) is 22.9. The van der Waals surface area contributed by atoms with Gasteiger partial charge in [0.25, 0.3) is 0 Å². The van der Waals surface area contributed by atoms with Gasteiger partial charge in [-0.05, 0) is 67.4 Å². The summed E-state index contributed by atoms with van der Waals surface area (Å²) in [6, 6.07) is 25.3. The number of hydrogen-bond donors (Lipinski definition) is 0. The average molecular weight is 511 g/mol. The second-order valence-corrected chi connectivity index (χ2v) is 9.40. The average Bonchev–Trinajstić information content (AvgIpc) is 2.89. The number of para-hydroxylation sites is 2. The van der Waals surface area contributed by atoms with E-state index in [2.05, 4.69) is 86.1 Å². The standard InChI is InChI=1S/C28H23BrN4O/c29-20-7-9-22(10-8-20)33-27-6-2-1-5-24(27)32-26-16-23(19-4-3-13-30-18-19)25(17-28(26)33)31-21-11-14-34-15-12-21/h1-10,13,16-18,21H,11-12,14-15H2. The first-order valence-corrected chi connectivity index (χ1v) is 12.3. The lowest BCUT2D eigenvalue weighted by Crippen LogP contribution is -2.23. The van der Waals surface area contributed by atoms with Gasteiger partial charge >= 0.3 is 0 Å². The summed E-state index contributed by atoms with van der Waals surface area (Å²) in [5.41, 5.74) is 7.13. The summed E-state index contributed by atoms with van der Waals surface area (Å²) in [4.78, 5) is 14.6. The Balaban J connectivity index is 1.69. The fourth-order valence-electron chi connectivity index (χ4n) is 4.58. The van der Waals surface area contributed by atoms with E-state index in [4.69, 9.17) is 14.7 Å². The quantitative estimate of drug-likeness (QED) is 0.278. The molecule has 1 saturated heterocycles. The van der Waals surface area contributed by atoms with Gasteiger partial charge < -0.3 is 9.30 Å². The summed E-state index contributed by atoms with van der Waals surface area (Å²) in [5, 5.41) is 0.968. The Hall–Kier alpha value is -3.35. The van der Waals surface area contributed by atoms with Crippen LogP contribution in [0.3, 0.4) is 0 Å². The second-order valence-electron chi connectivity index (χ2n) is 8.48. The van der Waals surface area contributed by atoms with Gasteiger partial charge in [-0.15, -0.1) is 0 Å². The van der Waals surface area contributed by atoms with Gasteiger partial charge in [-0.3, -0.25) is 9.98 Å². The molecular weight excluding hydrogens is 488 g/mol. The highest BCUT2D eigenvalue weighted by Gasteiger charge is 2.18. The van der Waals surface area contributed by atoms with Crippen molar-refractivity contribution in [3.05, 3.63) is 95.0 Å². The minimum Gasteiger partial charge on any atom is -0.381 e. The van der Waals surface area contributed by atoms with Crippen LogP contribution in [0.4, 0.5) is 0 Å². The molecule has 1 aliphatic carbocycles. The van der Waals surface area contributed by atoms with Gasteiger partial charge in [-0.1, -0.05) is 34.1 Å². The lowest BCUT2D eigenvalue weighted by molar-refractivity contribution is 0.0864. The van der Waals surface area contributed by atoms with E-state index < -0.39 is 0 Å². The summed E-state index contributed by atoms with van der Waals surface area (Å²) < 4.78 is 8.90. The number of rotatable bonds is 3. The van der Waals surface area contributed by atoms with Crippen molar-refractivity contribution >= 4 is 27.0 Å². The Labute approximate surface area is 206 Å². The van der Waals surface area contributed by atoms with Crippen molar-refractivity contribution in [1.29, 1.82) is 0 Å². The van der Waals surface area contributed by atoms with Crippen LogP contribution in [-0.4, -0.2) is 33.8 Å². The molecule has 2 aromatic carbocycles. The molecule has 2 aliphatic heterocycles. The van der Waals surface area contributed by atoms with Crippen LogP contribution in [0, 0.1) is 0 Å². The molecule has 6 heteroatoms. The molecule has 168 valence electrons. The maximum absolute atomic E-state index is 5.57. The number of benzene rings is 3. The highest BCUT2D eigenvalue weighted by atomic mass is 79.9. The van der Waals surface area contributed by atoms with Crippen LogP contribution in [0.1, 0.15) is 12.8 Å². The number of hydrogen-bond acceptors (Lipinski definition) is 4. The molecule has 6 rings (SSSR count). The summed E-state index contributed by atoms with van der Waals surface area (Å²) in [6.45, 7) is 1.52. The van der Waals surface area contributed by atoms with Crippen LogP contribution in [0.2, 0.25) is 0 Å². The van der Waals surface area contributed by atoms with Gasteiger partial charge in [0.05, 0.1) is 33.8 Å². The maximum atomic E-state index is 5.57. The minimum atomic E-state index is 0.246. The Morgan fingerprint density at radius 3 is 2.56 bits per heavy atom. The molecule has 0 amide bonds. The van der Waals surface area contributed by atoms with Crippen molar-refractivity contribution in [2.24, 2.45) is 4.99 Å². The van der Waals surface area contributed by atoms with Crippen molar-refractivity contribution in [2.75, 3.05) is 13.2 Å². The lowest BCUT2D eigenvalue weighted by Gasteiger charge is -2.21. The first kappa shape index (κ1) is 21.2. The van der Waals surface area contributed by atoms with Crippen LogP contribution in [0.25, 0.3) is 39.2 Å². The number of aromatic nitrogens is 3. The Morgan fingerprint density at radius 2 is 1.76 bits per heavy atom. The first-order valence-electron chi connectivity index (χ1n) is 11.5. The molecule has 0 N–H and O–H groups in total. The van der Waals surface area contributed by atoms with E-state index >= 15 is 0 Å². The third kappa shape index (κ3) is 4.04. The third-order valence-corrected chi connectivity index (χ3v) is 6.80. The number of nitrogens with zero attached hydrogens (tertiary/aromatic N) is 4. The van der Waals surface area contributed by atoms with Crippen molar-refractivity contribution < 1.29 is 4.74 Å². The second kappa shape index (κ2) is 9.12. The molecule has 3 heterocycles. The molecule has 3 aromatic rings. The lowest BCUT2D eigenvalue weighted by atomic mass is 10.0. The van der Waals surface area contributed by atoms with Crippen LogP contribution < -0.4 is 5.36 Å². The number of ether oxygens (including phenoxy) is 1. The van der Waals surface area contributed by atoms with Gasteiger partial charge in [0.15, 0.2) is 0 Å². The molecule has 0 atom stereocenters. The monoisotopic (exact) mass is 510 g/mol. The molecule has 34 heavy (non-hydrogen) atoms. The molecule has 0 radical (unpaired) electrons. The van der Waals surface area contributed by atoms with Gasteiger partial charge in [-0.2, -0.15) is 0 Å². The Kier molecular flexibility index (Phi) is 5.69. The molecule has 1 fully saturated rings. The minimum absolute atomic E-state index is 0.246. The SMILES string of the molecule is Brc1ccc(-n2c3cc(=NC4CCOCC4)c(-c4cccnc4)cc-3nc3ccccc32)cc1. The van der Waals surface area contributed by atoms with Gasteiger partial charge in [0.2, 0.25) is 0 Å². The molecule has 0 bridgehead atoms. The van der Waals surface area contributed by atoms with E-state index in [-0.39, 0.29) is 6.04 Å². The van der Waals surface area contributed by atoms with Crippen LogP contribution in [-0.2, 0) is 4.74 Å². The van der Waals surface area contributed by atoms with Gasteiger partial charge in [0, 0.05) is 46.9 Å². The molecule has 0 spiro atoms. The largest absolute Gasteiger partial charge is 0.381 e. The van der Waals surface area contributed by atoms with Gasteiger partial charge in [-0.25, -0.2) is 4.98 Å². The van der Waals surface area contributed by atoms with Crippen molar-refractivity contribution in [3.8, 4) is 28.2 Å². The predicted octanol–water partition coefficient (Wildman–Crippen LogP) is 6.03. The smallest absolute Gasteiger partial charge is 0.0886 e. The van der Waals surface area contributed by atoms with Crippen molar-refractivity contribution in [2.45, 2.75) is 18.9 Å². The number of fused-ring (bicyclic) bond motifs is 2. The highest BCUT2D eigenvalue weighted by Crippen LogP contribution is 2.31. The maximum Gasteiger partial charge on any atom is 0.0886 e. The number of halogens is 1. The van der Waals surface area contributed by atoms with E-state index in [9.17, 15) is 0 Å². The molecule has 0 saturated carbocycles. The van der Waals surface area contributed by atoms with Crippen LogP contribution in [0.5, 0.6) is 0 Å². The van der Waals surface area contributed by atoms with Crippen molar-refractivity contribution in [3.63, 3.8) is 0 Å². The third-order valence-electron chi connectivity index (χ3n) is 6.27. The normalized spacial score (nSPS) is 15.3. The summed E-state index contributed by atoms with van der Waals surface area (Å²) in [7, 11) is 0. The van der Waals surface area contributed by atoms with E-state index in [1.807, 2.05) is 18.3 Å². The molecule has 1 aromatic heterocycles. The Morgan fingerprint density at radius 1 is 0.941 bits per heavy atom. The van der Waals surface area contributed by atoms with Crippen molar-refractivity contribution in [1.82, 2.24) is 14.5 Å². The van der Waals surface area contributed by atoms with Crippen LogP contribution >= 0.6 is 15.9 Å². The summed E-state index contributed by atoms with van der Waals surface area (Å²) in [6.07, 6.45) is 5.57. The molecule has 0 unspecified atom stereocenters. The zero-order valence-corrected chi connectivity index (χ0v) is 20.1. The summed E-state index contributed by atoms with van der Waals surface area (Å²) >= 11 is 3.57. The van der Waals surface area contributed by atoms with Crippen LogP contribution in [0.15, 0.2) is 94.7 Å². The Bertz CT molecular complexity index is 1490. The van der Waals surface area contributed by atoms with E-state index in [0.717, 1.165) is 75.1 Å². The fraction of sp³-hybridized carbons (Fsp3) is 0.179. The zero-order valence-electron chi connectivity index (χ0n) is 18.6.